The van der Waals surface area contributed by atoms with Gasteiger partial charge in [-0.15, -0.1) is 0 Å². The third-order valence-corrected chi connectivity index (χ3v) is 1.92. The highest BCUT2D eigenvalue weighted by Crippen LogP contribution is 2.24. The van der Waals surface area contributed by atoms with Crippen LogP contribution in [0.3, 0.4) is 0 Å². The van der Waals surface area contributed by atoms with Crippen LogP contribution in [-0.2, 0) is 0 Å². The molecule has 0 spiro atoms. The lowest BCUT2D eigenvalue weighted by Gasteiger charge is -2.07. The summed E-state index contributed by atoms with van der Waals surface area (Å²) in [6.07, 6.45) is 0.0196. The number of ether oxygens (including phenoxy) is 1. The summed E-state index contributed by atoms with van der Waals surface area (Å²) >= 11 is 0. The molecule has 0 heterocycles. The number of halogens is 2. The van der Waals surface area contributed by atoms with E-state index in [2.05, 4.69) is 4.74 Å². The van der Waals surface area contributed by atoms with E-state index in [1.165, 1.54) is 0 Å². The molecule has 5 heteroatoms. The smallest absolute Gasteiger partial charge is 0.191 e. The molecular formula is C10H11F2NO2. The van der Waals surface area contributed by atoms with E-state index >= 15 is 0 Å². The van der Waals surface area contributed by atoms with Crippen LogP contribution < -0.4 is 10.5 Å². The van der Waals surface area contributed by atoms with Crippen molar-refractivity contribution < 1.29 is 18.3 Å². The van der Waals surface area contributed by atoms with Crippen molar-refractivity contribution in [2.24, 2.45) is 5.73 Å². The van der Waals surface area contributed by atoms with Gasteiger partial charge in [-0.3, -0.25) is 4.79 Å². The molecule has 0 unspecified atom stereocenters. The maximum Gasteiger partial charge on any atom is 0.191 e. The first kappa shape index (κ1) is 11.6. The van der Waals surface area contributed by atoms with Crippen molar-refractivity contribution in [3.63, 3.8) is 0 Å². The van der Waals surface area contributed by atoms with Gasteiger partial charge in [0, 0.05) is 6.42 Å². The Labute approximate surface area is 85.8 Å². The molecule has 0 aliphatic carbocycles. The number of benzene rings is 1. The molecule has 0 amide bonds. The maximum atomic E-state index is 13.5. The highest BCUT2D eigenvalue weighted by atomic mass is 19.1. The zero-order chi connectivity index (χ0) is 11.4. The number of hydrogen-bond acceptors (Lipinski definition) is 3. The monoisotopic (exact) mass is 215 g/mol. The van der Waals surface area contributed by atoms with Crippen LogP contribution in [0.1, 0.15) is 16.8 Å². The molecule has 1 rings (SSSR count). The number of methoxy groups -OCH3 is 1. The van der Waals surface area contributed by atoms with Gasteiger partial charge in [-0.05, 0) is 18.7 Å². The Bertz CT molecular complexity index is 380. The van der Waals surface area contributed by atoms with Crippen molar-refractivity contribution in [1.29, 1.82) is 0 Å². The van der Waals surface area contributed by atoms with Crippen molar-refractivity contribution in [3.05, 3.63) is 29.3 Å². The summed E-state index contributed by atoms with van der Waals surface area (Å²) < 4.78 is 31.0. The van der Waals surface area contributed by atoms with Gasteiger partial charge < -0.3 is 10.5 Å². The molecule has 0 saturated carbocycles. The molecule has 82 valence electrons. The molecule has 0 bridgehead atoms. The normalized spacial score (nSPS) is 10.1. The summed E-state index contributed by atoms with van der Waals surface area (Å²) in [7, 11) is 1.14. The van der Waals surface area contributed by atoms with Crippen molar-refractivity contribution in [1.82, 2.24) is 0 Å². The molecule has 15 heavy (non-hydrogen) atoms. The SMILES string of the molecule is COc1c(F)ccc(C(=O)CCN)c1F. The summed E-state index contributed by atoms with van der Waals surface area (Å²) in [5, 5.41) is 0. The first-order valence-corrected chi connectivity index (χ1v) is 4.37. The number of carbonyl (C=O) groups is 1. The fourth-order valence-corrected chi connectivity index (χ4v) is 1.20. The van der Waals surface area contributed by atoms with Crippen molar-refractivity contribution in [2.45, 2.75) is 6.42 Å². The average molecular weight is 215 g/mol. The Kier molecular flexibility index (Phi) is 3.74. The van der Waals surface area contributed by atoms with Gasteiger partial charge in [0.15, 0.2) is 23.2 Å². The number of rotatable bonds is 4. The number of carbonyl (C=O) groups excluding carboxylic acids is 1. The lowest BCUT2D eigenvalue weighted by atomic mass is 10.1. The molecule has 0 saturated heterocycles. The van der Waals surface area contributed by atoms with Crippen LogP contribution >= 0.6 is 0 Å². The molecule has 0 aliphatic rings. The fraction of sp³-hybridized carbons (Fsp3) is 0.300. The van der Waals surface area contributed by atoms with Crippen LogP contribution in [0.25, 0.3) is 0 Å². The molecular weight excluding hydrogens is 204 g/mol. The average Bonchev–Trinajstić information content (AvgIpc) is 2.18. The Morgan fingerprint density at radius 3 is 2.67 bits per heavy atom. The van der Waals surface area contributed by atoms with E-state index in [4.69, 9.17) is 5.73 Å². The van der Waals surface area contributed by atoms with Gasteiger partial charge in [0.05, 0.1) is 12.7 Å². The van der Waals surface area contributed by atoms with Crippen molar-refractivity contribution in [3.8, 4) is 5.75 Å². The number of ketones is 1. The van der Waals surface area contributed by atoms with Gasteiger partial charge in [-0.2, -0.15) is 0 Å². The van der Waals surface area contributed by atoms with E-state index in [0.717, 1.165) is 19.2 Å². The third-order valence-electron chi connectivity index (χ3n) is 1.92. The summed E-state index contributed by atoms with van der Waals surface area (Å²) in [5.41, 5.74) is 4.97. The minimum Gasteiger partial charge on any atom is -0.491 e. The molecule has 1 aromatic rings. The molecule has 3 nitrogen and oxygen atoms in total. The standard InChI is InChI=1S/C10H11F2NO2/c1-15-10-7(11)3-2-6(9(10)12)8(14)4-5-13/h2-3H,4-5,13H2,1H3. The second-order valence-corrected chi connectivity index (χ2v) is 2.90. The van der Waals surface area contributed by atoms with Crippen molar-refractivity contribution in [2.75, 3.05) is 13.7 Å². The zero-order valence-corrected chi connectivity index (χ0v) is 8.22. The molecule has 0 aliphatic heterocycles. The first-order valence-electron chi connectivity index (χ1n) is 4.37. The fourth-order valence-electron chi connectivity index (χ4n) is 1.20. The summed E-state index contributed by atoms with van der Waals surface area (Å²) in [4.78, 5) is 11.3. The number of Topliss-reactive ketones (excluding diaryl/α,β-unsaturated/α-hetero) is 1. The highest BCUT2D eigenvalue weighted by molar-refractivity contribution is 5.96. The Morgan fingerprint density at radius 2 is 2.13 bits per heavy atom. The van der Waals surface area contributed by atoms with E-state index in [0.29, 0.717) is 0 Å². The Morgan fingerprint density at radius 1 is 1.47 bits per heavy atom. The van der Waals surface area contributed by atoms with Crippen LogP contribution in [0.15, 0.2) is 12.1 Å². The van der Waals surface area contributed by atoms with Gasteiger partial charge in [0.1, 0.15) is 0 Å². The van der Waals surface area contributed by atoms with Crippen LogP contribution in [-0.4, -0.2) is 19.4 Å². The number of hydrogen-bond donors (Lipinski definition) is 1. The van der Waals surface area contributed by atoms with Gasteiger partial charge in [0.25, 0.3) is 0 Å². The van der Waals surface area contributed by atoms with Crippen LogP contribution in [0.2, 0.25) is 0 Å². The number of nitrogens with two attached hydrogens (primary N) is 1. The predicted molar refractivity (Wildman–Crippen MR) is 50.9 cm³/mol. The molecule has 1 aromatic carbocycles. The van der Waals surface area contributed by atoms with Crippen molar-refractivity contribution >= 4 is 5.78 Å². The van der Waals surface area contributed by atoms with Gasteiger partial charge >= 0.3 is 0 Å². The molecule has 0 atom stereocenters. The second-order valence-electron chi connectivity index (χ2n) is 2.90. The lowest BCUT2D eigenvalue weighted by Crippen LogP contribution is -2.10. The van der Waals surface area contributed by atoms with Crippen LogP contribution in [0.4, 0.5) is 8.78 Å². The summed E-state index contributed by atoms with van der Waals surface area (Å²) in [5.74, 6) is -2.82. The maximum absolute atomic E-state index is 13.5. The largest absolute Gasteiger partial charge is 0.491 e. The van der Waals surface area contributed by atoms with Crippen LogP contribution in [0.5, 0.6) is 5.75 Å². The first-order chi connectivity index (χ1) is 7.11. The van der Waals surface area contributed by atoms with Gasteiger partial charge in [0.2, 0.25) is 0 Å². The minimum atomic E-state index is -0.976. The summed E-state index contributed by atoms with van der Waals surface area (Å²) in [6, 6.07) is 2.08. The molecule has 0 fully saturated rings. The topological polar surface area (TPSA) is 52.3 Å². The third kappa shape index (κ3) is 2.30. The Balaban J connectivity index is 3.15. The molecule has 0 radical (unpaired) electrons. The Hall–Kier alpha value is -1.49. The predicted octanol–water partition coefficient (Wildman–Crippen LogP) is 1.50. The van der Waals surface area contributed by atoms with Crippen LogP contribution in [0, 0.1) is 11.6 Å². The van der Waals surface area contributed by atoms with E-state index in [-0.39, 0.29) is 18.5 Å². The van der Waals surface area contributed by atoms with E-state index in [1.54, 1.807) is 0 Å². The lowest BCUT2D eigenvalue weighted by molar-refractivity contribution is 0.0980. The highest BCUT2D eigenvalue weighted by Gasteiger charge is 2.18. The quantitative estimate of drug-likeness (QED) is 0.774. The molecule has 2 N–H and O–H groups in total. The summed E-state index contributed by atoms with van der Waals surface area (Å²) in [6.45, 7) is 0.123. The second kappa shape index (κ2) is 4.84. The minimum absolute atomic E-state index is 0.0196. The molecule has 0 aromatic heterocycles. The van der Waals surface area contributed by atoms with E-state index in [9.17, 15) is 13.6 Å². The van der Waals surface area contributed by atoms with Gasteiger partial charge in [-0.1, -0.05) is 0 Å². The zero-order valence-electron chi connectivity index (χ0n) is 8.22. The van der Waals surface area contributed by atoms with E-state index < -0.39 is 23.2 Å². The van der Waals surface area contributed by atoms with Gasteiger partial charge in [-0.25, -0.2) is 8.78 Å². The van der Waals surface area contributed by atoms with E-state index in [1.807, 2.05) is 0 Å².